The molecule has 0 aliphatic carbocycles. The van der Waals surface area contributed by atoms with Crippen LogP contribution in [0, 0.1) is 6.92 Å². The largest absolute Gasteiger partial charge is 0.379 e. The van der Waals surface area contributed by atoms with Gasteiger partial charge in [-0.05, 0) is 23.9 Å². The molecule has 0 saturated carbocycles. The first kappa shape index (κ1) is 13.6. The van der Waals surface area contributed by atoms with E-state index in [2.05, 4.69) is 22.6 Å². The van der Waals surface area contributed by atoms with Crippen molar-refractivity contribution < 1.29 is 17.3 Å². The molecule has 1 aromatic heterocycles. The van der Waals surface area contributed by atoms with Crippen LogP contribution >= 0.6 is 11.3 Å². The maximum Gasteiger partial charge on any atom is 0.264 e. The van der Waals surface area contributed by atoms with E-state index >= 15 is 0 Å². The minimum atomic E-state index is -3.34. The second kappa shape index (κ2) is 6.34. The Morgan fingerprint density at radius 1 is 1.31 bits per heavy atom. The fourth-order valence-electron chi connectivity index (χ4n) is 1.14. The summed E-state index contributed by atoms with van der Waals surface area (Å²) >= 11 is 1.71. The molecule has 0 aliphatic heterocycles. The van der Waals surface area contributed by atoms with Crippen LogP contribution < -0.4 is 0 Å². The van der Waals surface area contributed by atoms with Crippen molar-refractivity contribution in [2.75, 3.05) is 26.1 Å². The average Bonchev–Trinajstić information content (AvgIpc) is 2.56. The molecule has 92 valence electrons. The summed E-state index contributed by atoms with van der Waals surface area (Å²) in [7, 11) is -3.34. The molecule has 0 spiro atoms. The highest BCUT2D eigenvalue weighted by atomic mass is 32.2. The van der Waals surface area contributed by atoms with Gasteiger partial charge in [-0.15, -0.1) is 11.3 Å². The van der Waals surface area contributed by atoms with E-state index in [1.54, 1.807) is 11.3 Å². The Bertz CT molecular complexity index is 408. The lowest BCUT2D eigenvalue weighted by atomic mass is 10.3. The fraction of sp³-hybridized carbons (Fsp3) is 0.600. The minimum absolute atomic E-state index is 0.0856. The van der Waals surface area contributed by atoms with Gasteiger partial charge in [0.05, 0.1) is 26.1 Å². The molecule has 0 bridgehead atoms. The summed E-state index contributed by atoms with van der Waals surface area (Å²) in [6, 6.07) is 2.13. The predicted octanol–water partition coefficient (Wildman–Crippen LogP) is 1.59. The van der Waals surface area contributed by atoms with Crippen LogP contribution in [0.5, 0.6) is 0 Å². The monoisotopic (exact) mass is 264 g/mol. The van der Waals surface area contributed by atoms with E-state index < -0.39 is 10.1 Å². The smallest absolute Gasteiger partial charge is 0.264 e. The van der Waals surface area contributed by atoms with Crippen molar-refractivity contribution in [3.63, 3.8) is 0 Å². The SMILES string of the molecule is Cc1csc(CCOCCOS(C)(=O)=O)c1. The van der Waals surface area contributed by atoms with E-state index in [1.807, 2.05) is 0 Å². The second-order valence-electron chi connectivity index (χ2n) is 3.48. The van der Waals surface area contributed by atoms with Gasteiger partial charge < -0.3 is 4.74 Å². The Balaban J connectivity index is 2.04. The van der Waals surface area contributed by atoms with E-state index in [0.29, 0.717) is 13.2 Å². The molecule has 1 aromatic rings. The predicted molar refractivity (Wildman–Crippen MR) is 64.4 cm³/mol. The summed E-state index contributed by atoms with van der Waals surface area (Å²) < 4.78 is 31.0. The summed E-state index contributed by atoms with van der Waals surface area (Å²) in [6.45, 7) is 3.04. The van der Waals surface area contributed by atoms with Gasteiger partial charge in [-0.2, -0.15) is 8.42 Å². The molecule has 0 amide bonds. The van der Waals surface area contributed by atoms with Gasteiger partial charge in [0.2, 0.25) is 0 Å². The first-order valence-corrected chi connectivity index (χ1v) is 7.63. The molecule has 0 fully saturated rings. The lowest BCUT2D eigenvalue weighted by molar-refractivity contribution is 0.105. The molecule has 0 saturated heterocycles. The zero-order valence-corrected chi connectivity index (χ0v) is 11.1. The molecule has 0 radical (unpaired) electrons. The molecule has 4 nitrogen and oxygen atoms in total. The van der Waals surface area contributed by atoms with E-state index in [-0.39, 0.29) is 6.61 Å². The van der Waals surface area contributed by atoms with Crippen molar-refractivity contribution in [2.45, 2.75) is 13.3 Å². The van der Waals surface area contributed by atoms with Crippen molar-refractivity contribution in [1.29, 1.82) is 0 Å². The third kappa shape index (κ3) is 6.22. The van der Waals surface area contributed by atoms with Crippen LogP contribution in [-0.4, -0.2) is 34.5 Å². The van der Waals surface area contributed by atoms with Gasteiger partial charge in [-0.25, -0.2) is 0 Å². The molecule has 1 heterocycles. The highest BCUT2D eigenvalue weighted by molar-refractivity contribution is 7.85. The third-order valence-corrected chi connectivity index (χ3v) is 3.51. The van der Waals surface area contributed by atoms with E-state index in [1.165, 1.54) is 10.4 Å². The Morgan fingerprint density at radius 3 is 2.62 bits per heavy atom. The molecule has 0 aromatic carbocycles. The van der Waals surface area contributed by atoms with Crippen LogP contribution in [0.1, 0.15) is 10.4 Å². The molecular formula is C10H16O4S2. The summed E-state index contributed by atoms with van der Waals surface area (Å²) in [5, 5.41) is 2.10. The minimum Gasteiger partial charge on any atom is -0.379 e. The van der Waals surface area contributed by atoms with Gasteiger partial charge in [0, 0.05) is 11.3 Å². The summed E-state index contributed by atoms with van der Waals surface area (Å²) in [6.07, 6.45) is 1.89. The zero-order valence-electron chi connectivity index (χ0n) is 9.43. The Labute approximate surface area is 100 Å². The molecule has 16 heavy (non-hydrogen) atoms. The van der Waals surface area contributed by atoms with Gasteiger partial charge in [-0.3, -0.25) is 4.18 Å². The van der Waals surface area contributed by atoms with Crippen molar-refractivity contribution in [3.05, 3.63) is 21.9 Å². The van der Waals surface area contributed by atoms with Crippen molar-refractivity contribution in [1.82, 2.24) is 0 Å². The Hall–Kier alpha value is -0.430. The summed E-state index contributed by atoms with van der Waals surface area (Å²) in [5.74, 6) is 0. The van der Waals surface area contributed by atoms with E-state index in [4.69, 9.17) is 4.74 Å². The fourth-order valence-corrected chi connectivity index (χ4v) is 2.37. The zero-order chi connectivity index (χ0) is 12.0. The van der Waals surface area contributed by atoms with Gasteiger partial charge >= 0.3 is 0 Å². The standard InChI is InChI=1S/C10H16O4S2/c1-9-7-10(15-8-9)3-4-13-5-6-14-16(2,11)12/h7-8H,3-6H2,1-2H3. The second-order valence-corrected chi connectivity index (χ2v) is 6.12. The van der Waals surface area contributed by atoms with E-state index in [9.17, 15) is 8.42 Å². The van der Waals surface area contributed by atoms with Gasteiger partial charge in [0.25, 0.3) is 10.1 Å². The van der Waals surface area contributed by atoms with Crippen LogP contribution in [0.3, 0.4) is 0 Å². The first-order valence-electron chi connectivity index (χ1n) is 4.93. The lowest BCUT2D eigenvalue weighted by Crippen LogP contribution is -2.10. The molecule has 0 aliphatic rings. The first-order chi connectivity index (χ1) is 7.47. The molecule has 6 heteroatoms. The highest BCUT2D eigenvalue weighted by Crippen LogP contribution is 2.13. The maximum absolute atomic E-state index is 10.6. The molecule has 0 unspecified atom stereocenters. The number of thiophene rings is 1. The van der Waals surface area contributed by atoms with Crippen molar-refractivity contribution >= 4 is 21.5 Å². The number of rotatable bonds is 7. The highest BCUT2D eigenvalue weighted by Gasteiger charge is 2.01. The quantitative estimate of drug-likeness (QED) is 0.554. The number of aryl methyl sites for hydroxylation is 1. The lowest BCUT2D eigenvalue weighted by Gasteiger charge is -2.03. The van der Waals surface area contributed by atoms with Crippen molar-refractivity contribution in [2.24, 2.45) is 0 Å². The summed E-state index contributed by atoms with van der Waals surface area (Å²) in [4.78, 5) is 1.28. The number of ether oxygens (including phenoxy) is 1. The van der Waals surface area contributed by atoms with Gasteiger partial charge in [0.15, 0.2) is 0 Å². The maximum atomic E-state index is 10.6. The number of hydrogen-bond donors (Lipinski definition) is 0. The summed E-state index contributed by atoms with van der Waals surface area (Å²) in [5.41, 5.74) is 1.26. The van der Waals surface area contributed by atoms with Gasteiger partial charge in [-0.1, -0.05) is 0 Å². The normalized spacial score (nSPS) is 11.9. The van der Waals surface area contributed by atoms with Crippen LogP contribution in [0.15, 0.2) is 11.4 Å². The molecule has 0 atom stereocenters. The number of hydrogen-bond acceptors (Lipinski definition) is 5. The van der Waals surface area contributed by atoms with Crippen molar-refractivity contribution in [3.8, 4) is 0 Å². The Morgan fingerprint density at radius 2 is 2.06 bits per heavy atom. The van der Waals surface area contributed by atoms with Crippen LogP contribution in [0.2, 0.25) is 0 Å². The van der Waals surface area contributed by atoms with E-state index in [0.717, 1.165) is 12.7 Å². The molecule has 0 N–H and O–H groups in total. The van der Waals surface area contributed by atoms with Crippen LogP contribution in [0.4, 0.5) is 0 Å². The van der Waals surface area contributed by atoms with Crippen LogP contribution in [0.25, 0.3) is 0 Å². The van der Waals surface area contributed by atoms with Gasteiger partial charge in [0.1, 0.15) is 0 Å². The molecule has 1 rings (SSSR count). The molecular weight excluding hydrogens is 248 g/mol. The Kier molecular flexibility index (Phi) is 5.40. The average molecular weight is 264 g/mol. The van der Waals surface area contributed by atoms with Crippen LogP contribution in [-0.2, 0) is 25.5 Å². The third-order valence-electron chi connectivity index (χ3n) is 1.80. The topological polar surface area (TPSA) is 52.6 Å².